The Bertz CT molecular complexity index is 3710. The number of benzene rings is 4. The maximum Gasteiger partial charge on any atom is 0.342 e. The van der Waals surface area contributed by atoms with Gasteiger partial charge in [-0.2, -0.15) is 0 Å². The molecule has 6 heterocycles. The number of aryl methyl sites for hydroxylation is 2. The minimum Gasteiger partial charge on any atom is -0.494 e. The Morgan fingerprint density at radius 3 is 1.52 bits per heavy atom. The van der Waals surface area contributed by atoms with Gasteiger partial charge in [-0.1, -0.05) is 36.4 Å². The second kappa shape index (κ2) is 25.6. The van der Waals surface area contributed by atoms with E-state index < -0.39 is 16.9 Å². The number of nitro benzene ring substituents is 1. The van der Waals surface area contributed by atoms with E-state index in [1.807, 2.05) is 122 Å². The third kappa shape index (κ3) is 12.9. The molecule has 2 atom stereocenters. The molecule has 0 spiro atoms. The fraction of sp³-hybridized carbons (Fsp3) is 0.387. The number of ether oxygens (including phenoxy) is 4. The molecule has 4 N–H and O–H groups in total. The van der Waals surface area contributed by atoms with Crippen LogP contribution in [0.15, 0.2) is 97.6 Å². The zero-order valence-electron chi connectivity index (χ0n) is 50.0. The van der Waals surface area contributed by atoms with Gasteiger partial charge in [0.1, 0.15) is 28.3 Å². The molecule has 10 rings (SSSR count). The van der Waals surface area contributed by atoms with Crippen LogP contribution in [0.2, 0.25) is 0 Å². The quantitative estimate of drug-likeness (QED) is 0.0295. The van der Waals surface area contributed by atoms with Crippen molar-refractivity contribution in [1.82, 2.24) is 38.9 Å². The van der Waals surface area contributed by atoms with Gasteiger partial charge in [0.25, 0.3) is 5.69 Å². The highest BCUT2D eigenvalue weighted by molar-refractivity contribution is 6.04. The number of hydrogen-bond acceptors (Lipinski definition) is 19. The first-order valence-corrected chi connectivity index (χ1v) is 28.2. The monoisotopic (exact) mass is 1140 g/mol. The zero-order valence-corrected chi connectivity index (χ0v) is 50.0. The smallest absolute Gasteiger partial charge is 0.342 e. The number of fused-ring (bicyclic) bond motifs is 2. The molecule has 0 radical (unpaired) electrons. The number of nitro groups is 1. The van der Waals surface area contributed by atoms with Gasteiger partial charge >= 0.3 is 11.9 Å². The van der Waals surface area contributed by atoms with E-state index in [0.717, 1.165) is 71.1 Å². The van der Waals surface area contributed by atoms with Crippen LogP contribution in [0.4, 0.5) is 46.0 Å². The summed E-state index contributed by atoms with van der Waals surface area (Å²) in [5, 5.41) is 20.5. The van der Waals surface area contributed by atoms with Gasteiger partial charge in [-0.05, 0) is 98.8 Å². The topological polar surface area (TPSA) is 239 Å². The van der Waals surface area contributed by atoms with E-state index in [9.17, 15) is 19.7 Å². The van der Waals surface area contributed by atoms with Crippen molar-refractivity contribution in [3.05, 3.63) is 119 Å². The van der Waals surface area contributed by atoms with Crippen molar-refractivity contribution < 1.29 is 33.5 Å². The predicted molar refractivity (Wildman–Crippen MR) is 330 cm³/mol. The molecule has 4 aromatic carbocycles. The molecule has 2 unspecified atom stereocenters. The number of hydrogen-bond donors (Lipinski definition) is 3. The average molecular weight is 1150 g/mol. The first kappa shape index (κ1) is 59.6. The van der Waals surface area contributed by atoms with Crippen molar-refractivity contribution in [2.75, 3.05) is 94.8 Å². The lowest BCUT2D eigenvalue weighted by Gasteiger charge is -2.29. The molecule has 2 aliphatic rings. The summed E-state index contributed by atoms with van der Waals surface area (Å²) in [5.74, 6) is 0.436. The number of carbonyl (C=O) groups excluding carboxylic acids is 2. The summed E-state index contributed by atoms with van der Waals surface area (Å²) in [7, 11) is 15.2. The Hall–Kier alpha value is -9.02. The lowest BCUT2D eigenvalue weighted by atomic mass is 10.1. The summed E-state index contributed by atoms with van der Waals surface area (Å²) in [6.07, 6.45) is 10.7. The summed E-state index contributed by atoms with van der Waals surface area (Å²) in [6, 6.07) is 23.5. The van der Waals surface area contributed by atoms with Crippen molar-refractivity contribution in [3.63, 3.8) is 0 Å². The van der Waals surface area contributed by atoms with Crippen LogP contribution in [-0.4, -0.2) is 149 Å². The second-order valence-corrected chi connectivity index (χ2v) is 22.1. The molecule has 4 aromatic heterocycles. The molecular formula is C62H76N14O8. The van der Waals surface area contributed by atoms with E-state index in [1.54, 1.807) is 27.0 Å². The Balaban J connectivity index is 0.000000202. The van der Waals surface area contributed by atoms with E-state index in [1.165, 1.54) is 38.4 Å². The molecule has 84 heavy (non-hydrogen) atoms. The van der Waals surface area contributed by atoms with Gasteiger partial charge in [-0.3, -0.25) is 10.1 Å². The number of carbonyl (C=O) groups is 2. The maximum absolute atomic E-state index is 13.1. The van der Waals surface area contributed by atoms with E-state index in [2.05, 4.69) is 56.4 Å². The van der Waals surface area contributed by atoms with Crippen LogP contribution in [0.3, 0.4) is 0 Å². The normalized spacial score (nSPS) is 15.3. The summed E-state index contributed by atoms with van der Waals surface area (Å²) < 4.78 is 26.4. The first-order chi connectivity index (χ1) is 40.2. The van der Waals surface area contributed by atoms with Crippen molar-refractivity contribution in [2.45, 2.75) is 77.7 Å². The largest absolute Gasteiger partial charge is 0.494 e. The number of likely N-dealkylation sites (N-methyl/N-ethyl adjacent to an activating group) is 4. The standard InChI is InChI=1S/C31H37N7O5.C31H39N7O3/c1-19(2)43-30(39)22-16-32-31(34-29(22)23-18-37(5)25-12-8-7-11-21(23)25)33-24-14-27(38(40)41)26(15-28(24)42-6)36(4)17-20-10-9-13-35(20)3;1-19(2)41-30(39)22-16-33-31(35-29(22)23-18-38(5)26-12-8-7-11-21(23)26)34-25-14-24(32)27(15-28(25)40-6)37(4)17-20-10-9-13-36(20)3/h7-8,11-12,14-16,18-20H,9-10,13,17H2,1-6H3,(H,32,33,34);7-8,11-12,14-16,18-20H,9-10,13,17,32H2,1-6H3,(H,33,34,35). The van der Waals surface area contributed by atoms with Gasteiger partial charge in [-0.25, -0.2) is 29.5 Å². The van der Waals surface area contributed by atoms with Crippen LogP contribution >= 0.6 is 0 Å². The molecule has 22 nitrogen and oxygen atoms in total. The van der Waals surface area contributed by atoms with Gasteiger partial charge < -0.3 is 64.0 Å². The molecule has 2 aliphatic heterocycles. The molecule has 0 bridgehead atoms. The van der Waals surface area contributed by atoms with Crippen LogP contribution in [-0.2, 0) is 23.6 Å². The number of methoxy groups -OCH3 is 2. The lowest BCUT2D eigenvalue weighted by Crippen LogP contribution is -2.36. The van der Waals surface area contributed by atoms with Crippen molar-refractivity contribution >= 4 is 79.8 Å². The fourth-order valence-corrected chi connectivity index (χ4v) is 11.2. The lowest BCUT2D eigenvalue weighted by molar-refractivity contribution is -0.384. The molecule has 8 aromatic rings. The zero-order chi connectivity index (χ0) is 60.1. The van der Waals surface area contributed by atoms with Gasteiger partial charge in [0, 0.05) is 129 Å². The van der Waals surface area contributed by atoms with Gasteiger partial charge in [0.15, 0.2) is 0 Å². The van der Waals surface area contributed by atoms with E-state index in [-0.39, 0.29) is 29.4 Å². The number of nitrogens with two attached hydrogens (primary N) is 1. The highest BCUT2D eigenvalue weighted by Gasteiger charge is 2.30. The molecule has 0 aliphatic carbocycles. The fourth-order valence-electron chi connectivity index (χ4n) is 11.2. The molecule has 2 fully saturated rings. The minimum absolute atomic E-state index is 0.0714. The van der Waals surface area contributed by atoms with Crippen molar-refractivity contribution in [3.8, 4) is 34.0 Å². The molecular weight excluding hydrogens is 1070 g/mol. The molecule has 22 heteroatoms. The second-order valence-electron chi connectivity index (χ2n) is 22.1. The summed E-state index contributed by atoms with van der Waals surface area (Å²) in [4.78, 5) is 65.2. The van der Waals surface area contributed by atoms with Crippen LogP contribution in [0, 0.1) is 10.1 Å². The molecule has 0 amide bonds. The summed E-state index contributed by atoms with van der Waals surface area (Å²) >= 11 is 0. The van der Waals surface area contributed by atoms with Crippen LogP contribution in [0.1, 0.15) is 74.1 Å². The summed E-state index contributed by atoms with van der Waals surface area (Å²) in [6.45, 7) is 10.8. The number of nitrogen functional groups attached to an aromatic ring is 1. The molecule has 442 valence electrons. The third-order valence-corrected chi connectivity index (χ3v) is 15.5. The number of aromatic nitrogens is 6. The van der Waals surface area contributed by atoms with Crippen LogP contribution in [0.5, 0.6) is 11.5 Å². The molecule has 2 saturated heterocycles. The third-order valence-electron chi connectivity index (χ3n) is 15.5. The summed E-state index contributed by atoms with van der Waals surface area (Å²) in [5.41, 5.74) is 14.3. The predicted octanol–water partition coefficient (Wildman–Crippen LogP) is 10.5. The number of rotatable bonds is 19. The van der Waals surface area contributed by atoms with Crippen molar-refractivity contribution in [2.24, 2.45) is 14.1 Å². The minimum atomic E-state index is -0.544. The van der Waals surface area contributed by atoms with E-state index in [4.69, 9.17) is 34.6 Å². The SMILES string of the molecule is COc1cc(N(C)CC2CCCN2C)c(N)cc1Nc1ncc(C(=O)OC(C)C)c(-c2cn(C)c3ccccc23)n1.COc1cc(N(C)CC2CCCN2C)c([N+](=O)[O-])cc1Nc1ncc(C(=O)OC(C)C)c(-c2cn(C)c3ccccc23)n1. The van der Waals surface area contributed by atoms with Crippen LogP contribution in [0.25, 0.3) is 44.3 Å². The van der Waals surface area contributed by atoms with Crippen LogP contribution < -0.4 is 35.6 Å². The number of nitrogens with one attached hydrogen (secondary N) is 2. The molecule has 0 saturated carbocycles. The average Bonchev–Trinajstić information content (AvgIpc) is 2.50. The maximum atomic E-state index is 13.1. The van der Waals surface area contributed by atoms with Crippen molar-refractivity contribution in [1.29, 1.82) is 0 Å². The Morgan fingerprint density at radius 2 is 1.11 bits per heavy atom. The van der Waals surface area contributed by atoms with Gasteiger partial charge in [0.05, 0.1) is 65.5 Å². The number of likely N-dealkylation sites (tertiary alicyclic amines) is 2. The number of anilines is 7. The van der Waals surface area contributed by atoms with Gasteiger partial charge in [-0.15, -0.1) is 0 Å². The first-order valence-electron chi connectivity index (χ1n) is 28.2. The highest BCUT2D eigenvalue weighted by atomic mass is 16.6. The van der Waals surface area contributed by atoms with Gasteiger partial charge in [0.2, 0.25) is 11.9 Å². The number of nitrogens with zero attached hydrogens (tertiary/aromatic N) is 11. The van der Waals surface area contributed by atoms with E-state index >= 15 is 0 Å². The number of para-hydroxylation sites is 2. The van der Waals surface area contributed by atoms with E-state index in [0.29, 0.717) is 75.8 Å². The Labute approximate surface area is 489 Å². The number of esters is 2. The Kier molecular flexibility index (Phi) is 18.2. The Morgan fingerprint density at radius 1 is 0.679 bits per heavy atom. The highest BCUT2D eigenvalue weighted by Crippen LogP contribution is 2.42.